The van der Waals surface area contributed by atoms with E-state index >= 15 is 0 Å². The summed E-state index contributed by atoms with van der Waals surface area (Å²) in [5, 5.41) is 3.47. The van der Waals surface area contributed by atoms with Crippen molar-refractivity contribution >= 4 is 5.91 Å². The van der Waals surface area contributed by atoms with Gasteiger partial charge in [0, 0.05) is 13.1 Å². The molecule has 0 aromatic heterocycles. The Labute approximate surface area is 157 Å². The molecule has 4 saturated carbocycles. The Morgan fingerprint density at radius 1 is 0.962 bits per heavy atom. The van der Waals surface area contributed by atoms with Crippen LogP contribution in [-0.4, -0.2) is 62.4 Å². The van der Waals surface area contributed by atoms with E-state index in [-0.39, 0.29) is 11.5 Å². The average molecular weight is 363 g/mol. The first-order valence-corrected chi connectivity index (χ1v) is 10.6. The van der Waals surface area contributed by atoms with Crippen LogP contribution < -0.4 is 5.32 Å². The third-order valence-electron chi connectivity index (χ3n) is 7.99. The van der Waals surface area contributed by atoms with E-state index in [1.54, 1.807) is 0 Å². The van der Waals surface area contributed by atoms with Crippen molar-refractivity contribution in [2.24, 2.45) is 22.2 Å². The van der Waals surface area contributed by atoms with Crippen LogP contribution >= 0.6 is 0 Å². The van der Waals surface area contributed by atoms with Gasteiger partial charge in [-0.3, -0.25) is 9.69 Å². The van der Waals surface area contributed by atoms with Gasteiger partial charge in [-0.2, -0.15) is 0 Å². The molecule has 5 nitrogen and oxygen atoms in total. The number of nitrogens with one attached hydrogen (secondary N) is 1. The zero-order valence-electron chi connectivity index (χ0n) is 16.4. The summed E-state index contributed by atoms with van der Waals surface area (Å²) in [6.45, 7) is 9.74. The monoisotopic (exact) mass is 362 g/mol. The number of nitrogens with zero attached hydrogens (tertiary/aromatic N) is 1. The normalized spacial score (nSPS) is 50.9. The predicted octanol–water partition coefficient (Wildman–Crippen LogP) is 2.20. The number of ether oxygens (including phenoxy) is 2. The van der Waals surface area contributed by atoms with Crippen LogP contribution in [0, 0.1) is 22.2 Å². The molecule has 1 N–H and O–H groups in total. The summed E-state index contributed by atoms with van der Waals surface area (Å²) in [6.07, 6.45) is 7.27. The molecule has 6 rings (SSSR count). The molecular formula is C21H34N2O3. The Hall–Kier alpha value is -0.650. The van der Waals surface area contributed by atoms with Crippen LogP contribution in [0.4, 0.5) is 0 Å². The van der Waals surface area contributed by atoms with Gasteiger partial charge in [0.15, 0.2) is 0 Å². The second-order valence-corrected chi connectivity index (χ2v) is 10.7. The number of hydrogen-bond donors (Lipinski definition) is 1. The highest BCUT2D eigenvalue weighted by molar-refractivity contribution is 5.83. The van der Waals surface area contributed by atoms with Crippen LogP contribution in [0.25, 0.3) is 0 Å². The predicted molar refractivity (Wildman–Crippen MR) is 98.8 cm³/mol. The molecular weight excluding hydrogens is 328 g/mol. The molecule has 2 saturated heterocycles. The first kappa shape index (κ1) is 17.4. The van der Waals surface area contributed by atoms with Crippen molar-refractivity contribution in [2.45, 2.75) is 64.5 Å². The standard InChI is InChI=1S/C21H34N2O3/c1-19-7-15-8-20(2,12-19)14-21(9-15,13-19)18(24)22-16-10-26-11-17(16)23-3-5-25-6-4-23/h15-17H,3-14H2,1-2H3,(H,22,24)/t15?,16-,17-,19+,20+,21?/m0/s1. The van der Waals surface area contributed by atoms with Crippen LogP contribution in [0.15, 0.2) is 0 Å². The van der Waals surface area contributed by atoms with Crippen molar-refractivity contribution in [3.05, 3.63) is 0 Å². The topological polar surface area (TPSA) is 50.8 Å². The fraction of sp³-hybridized carbons (Fsp3) is 0.952. The van der Waals surface area contributed by atoms with Crippen LogP contribution in [-0.2, 0) is 14.3 Å². The second-order valence-electron chi connectivity index (χ2n) is 10.7. The highest BCUT2D eigenvalue weighted by atomic mass is 16.5. The van der Waals surface area contributed by atoms with Crippen molar-refractivity contribution in [1.82, 2.24) is 10.2 Å². The van der Waals surface area contributed by atoms with Gasteiger partial charge >= 0.3 is 0 Å². The number of carbonyl (C=O) groups is 1. The molecule has 2 heterocycles. The quantitative estimate of drug-likeness (QED) is 0.836. The zero-order valence-corrected chi connectivity index (χ0v) is 16.4. The van der Waals surface area contributed by atoms with Gasteiger partial charge in [0.25, 0.3) is 0 Å². The Morgan fingerprint density at radius 3 is 2.31 bits per heavy atom. The number of rotatable bonds is 3. The fourth-order valence-corrected chi connectivity index (χ4v) is 7.97. The van der Waals surface area contributed by atoms with Gasteiger partial charge in [0.2, 0.25) is 5.91 Å². The lowest BCUT2D eigenvalue weighted by Gasteiger charge is -2.64. The van der Waals surface area contributed by atoms with Gasteiger partial charge in [-0.25, -0.2) is 0 Å². The Bertz CT molecular complexity index is 570. The van der Waals surface area contributed by atoms with Gasteiger partial charge in [-0.15, -0.1) is 0 Å². The molecule has 4 atom stereocenters. The first-order chi connectivity index (χ1) is 12.4. The van der Waals surface area contributed by atoms with Crippen molar-refractivity contribution in [3.8, 4) is 0 Å². The molecule has 6 fully saturated rings. The lowest BCUT2D eigenvalue weighted by molar-refractivity contribution is -0.171. The summed E-state index contributed by atoms with van der Waals surface area (Å²) in [5.41, 5.74) is 0.629. The van der Waals surface area contributed by atoms with E-state index in [2.05, 4.69) is 24.1 Å². The van der Waals surface area contributed by atoms with Crippen LogP contribution in [0.2, 0.25) is 0 Å². The van der Waals surface area contributed by atoms with E-state index in [0.717, 1.165) is 58.1 Å². The number of carbonyl (C=O) groups excluding carboxylic acids is 1. The zero-order chi connectivity index (χ0) is 18.0. The summed E-state index contributed by atoms with van der Waals surface area (Å²) < 4.78 is 11.3. The van der Waals surface area contributed by atoms with E-state index in [1.165, 1.54) is 19.3 Å². The lowest BCUT2D eigenvalue weighted by atomic mass is 9.40. The fourth-order valence-electron chi connectivity index (χ4n) is 7.97. The van der Waals surface area contributed by atoms with E-state index in [0.29, 0.717) is 29.4 Å². The molecule has 26 heavy (non-hydrogen) atoms. The molecule has 0 spiro atoms. The SMILES string of the molecule is C[C@]12CC3CC(C(=O)N[C@H]4COC[C@@H]4N4CCOCC4)(C1)C[C@](C)(C3)C2. The smallest absolute Gasteiger partial charge is 0.226 e. The molecule has 6 aliphatic rings. The third-order valence-corrected chi connectivity index (χ3v) is 7.99. The number of morpholine rings is 1. The Balaban J connectivity index is 1.32. The van der Waals surface area contributed by atoms with Gasteiger partial charge in [0.05, 0.1) is 43.9 Å². The van der Waals surface area contributed by atoms with Crippen LogP contribution in [0.3, 0.4) is 0 Å². The molecule has 146 valence electrons. The summed E-state index contributed by atoms with van der Waals surface area (Å²) >= 11 is 0. The second kappa shape index (κ2) is 5.92. The Morgan fingerprint density at radius 2 is 1.65 bits per heavy atom. The maximum absolute atomic E-state index is 13.6. The van der Waals surface area contributed by atoms with Crippen LogP contribution in [0.1, 0.15) is 52.4 Å². The highest BCUT2D eigenvalue weighted by Gasteiger charge is 2.63. The first-order valence-electron chi connectivity index (χ1n) is 10.6. The molecule has 0 aromatic carbocycles. The maximum atomic E-state index is 13.6. The largest absolute Gasteiger partial charge is 0.379 e. The van der Waals surface area contributed by atoms with Crippen LogP contribution in [0.5, 0.6) is 0 Å². The van der Waals surface area contributed by atoms with Crippen molar-refractivity contribution in [1.29, 1.82) is 0 Å². The minimum absolute atomic E-state index is 0.124. The minimum Gasteiger partial charge on any atom is -0.379 e. The van der Waals surface area contributed by atoms with Crippen molar-refractivity contribution in [3.63, 3.8) is 0 Å². The molecule has 5 heteroatoms. The Kier molecular flexibility index (Phi) is 3.97. The molecule has 0 aromatic rings. The summed E-state index contributed by atoms with van der Waals surface area (Å²) in [6, 6.07) is 0.442. The molecule has 4 aliphatic carbocycles. The summed E-state index contributed by atoms with van der Waals surface area (Å²) in [7, 11) is 0. The van der Waals surface area contributed by atoms with Crippen molar-refractivity contribution < 1.29 is 14.3 Å². The third kappa shape index (κ3) is 2.82. The molecule has 4 bridgehead atoms. The van der Waals surface area contributed by atoms with Gasteiger partial charge in [0.1, 0.15) is 0 Å². The average Bonchev–Trinajstić information content (AvgIpc) is 3.00. The lowest BCUT2D eigenvalue weighted by Crippen LogP contribution is -2.62. The molecule has 2 aliphatic heterocycles. The maximum Gasteiger partial charge on any atom is 0.226 e. The van der Waals surface area contributed by atoms with Gasteiger partial charge < -0.3 is 14.8 Å². The van der Waals surface area contributed by atoms with Gasteiger partial charge in [-0.05, 0) is 55.3 Å². The van der Waals surface area contributed by atoms with Gasteiger partial charge in [-0.1, -0.05) is 13.8 Å². The van der Waals surface area contributed by atoms with E-state index in [9.17, 15) is 4.79 Å². The highest BCUT2D eigenvalue weighted by Crippen LogP contribution is 2.69. The molecule has 1 amide bonds. The minimum atomic E-state index is -0.124. The molecule has 0 unspecified atom stereocenters. The van der Waals surface area contributed by atoms with E-state index < -0.39 is 0 Å². The number of amides is 1. The summed E-state index contributed by atoms with van der Waals surface area (Å²) in [4.78, 5) is 16.0. The summed E-state index contributed by atoms with van der Waals surface area (Å²) in [5.74, 6) is 1.08. The number of hydrogen-bond acceptors (Lipinski definition) is 4. The van der Waals surface area contributed by atoms with Crippen molar-refractivity contribution in [2.75, 3.05) is 39.5 Å². The van der Waals surface area contributed by atoms with E-state index in [1.807, 2.05) is 0 Å². The molecule has 0 radical (unpaired) electrons. The van der Waals surface area contributed by atoms with E-state index in [4.69, 9.17) is 9.47 Å².